The molecule has 3 rings (SSSR count). The van der Waals surface area contributed by atoms with Crippen molar-refractivity contribution in [3.63, 3.8) is 0 Å². The van der Waals surface area contributed by atoms with Gasteiger partial charge in [-0.1, -0.05) is 11.6 Å². The quantitative estimate of drug-likeness (QED) is 0.925. The molecule has 4 nitrogen and oxygen atoms in total. The van der Waals surface area contributed by atoms with Gasteiger partial charge in [0.1, 0.15) is 0 Å². The average Bonchev–Trinajstić information content (AvgIpc) is 2.71. The number of hydrogen-bond acceptors (Lipinski definition) is 4. The van der Waals surface area contributed by atoms with Crippen LogP contribution in [0.5, 0.6) is 0 Å². The maximum Gasteiger partial charge on any atom is 0.407 e. The molecule has 0 unspecified atom stereocenters. The molecule has 1 aromatic carbocycles. The van der Waals surface area contributed by atoms with Gasteiger partial charge in [0.2, 0.25) is 0 Å². The predicted molar refractivity (Wildman–Crippen MR) is 90.7 cm³/mol. The number of likely N-dealkylation sites (N-methyl/N-ethyl adjacent to an activating group) is 1. The van der Waals surface area contributed by atoms with Crippen LogP contribution in [0.25, 0.3) is 10.1 Å². The summed E-state index contributed by atoms with van der Waals surface area (Å²) in [6.45, 7) is 4.55. The number of nitrogens with zero attached hydrogens (tertiary/aromatic N) is 1. The summed E-state index contributed by atoms with van der Waals surface area (Å²) in [5, 5.41) is 4.95. The second-order valence-electron chi connectivity index (χ2n) is 5.46. The lowest BCUT2D eigenvalue weighted by atomic mass is 10.0. The molecule has 0 spiro atoms. The van der Waals surface area contributed by atoms with Crippen LogP contribution in [0.15, 0.2) is 12.1 Å². The van der Waals surface area contributed by atoms with Crippen LogP contribution in [0.2, 0.25) is 5.02 Å². The Morgan fingerprint density at radius 1 is 1.45 bits per heavy atom. The maximum absolute atomic E-state index is 11.5. The molecule has 0 saturated heterocycles. The van der Waals surface area contributed by atoms with E-state index >= 15 is 0 Å². The summed E-state index contributed by atoms with van der Waals surface area (Å²) in [5.74, 6) is 0. The molecule has 1 aliphatic heterocycles. The number of benzene rings is 1. The van der Waals surface area contributed by atoms with Crippen LogP contribution in [0.3, 0.4) is 0 Å². The molecule has 1 N–H and O–H groups in total. The second-order valence-corrected chi connectivity index (χ2v) is 7.01. The van der Waals surface area contributed by atoms with E-state index in [4.69, 9.17) is 16.3 Å². The average molecular weight is 339 g/mol. The van der Waals surface area contributed by atoms with E-state index in [-0.39, 0.29) is 6.09 Å². The molecule has 1 amide bonds. The molecule has 0 fully saturated rings. The molecule has 6 heteroatoms. The Morgan fingerprint density at radius 3 is 3.05 bits per heavy atom. The number of rotatable bonds is 3. The van der Waals surface area contributed by atoms with Gasteiger partial charge in [-0.2, -0.15) is 0 Å². The van der Waals surface area contributed by atoms with Crippen molar-refractivity contribution >= 4 is 39.1 Å². The van der Waals surface area contributed by atoms with E-state index in [1.807, 2.05) is 6.07 Å². The highest BCUT2D eigenvalue weighted by Gasteiger charge is 2.22. The van der Waals surface area contributed by atoms with Crippen molar-refractivity contribution in [3.05, 3.63) is 33.2 Å². The lowest BCUT2D eigenvalue weighted by molar-refractivity contribution is 0.151. The van der Waals surface area contributed by atoms with Gasteiger partial charge in [-0.25, -0.2) is 4.79 Å². The van der Waals surface area contributed by atoms with Gasteiger partial charge in [0.15, 0.2) is 0 Å². The second kappa shape index (κ2) is 6.44. The van der Waals surface area contributed by atoms with Crippen LogP contribution < -0.4 is 5.32 Å². The third kappa shape index (κ3) is 2.93. The van der Waals surface area contributed by atoms with Crippen molar-refractivity contribution in [2.75, 3.05) is 20.2 Å². The fourth-order valence-electron chi connectivity index (χ4n) is 2.89. The first-order chi connectivity index (χ1) is 10.6. The standard InChI is InChI=1S/C16H19ClN2O2S/c1-3-21-16(20)18-8-14-11-9-19(2)7-6-10-12(17)4-5-13(22-14)15(10)11/h4-5H,3,6-9H2,1-2H3,(H,18,20). The maximum atomic E-state index is 11.5. The minimum atomic E-state index is -0.368. The van der Waals surface area contributed by atoms with Gasteiger partial charge in [0.05, 0.1) is 13.2 Å². The third-order valence-electron chi connectivity index (χ3n) is 3.93. The molecule has 2 aromatic rings. The van der Waals surface area contributed by atoms with E-state index in [1.165, 1.54) is 26.1 Å². The van der Waals surface area contributed by atoms with E-state index in [0.29, 0.717) is 13.2 Å². The number of carbonyl (C=O) groups excluding carboxylic acids is 1. The monoisotopic (exact) mass is 338 g/mol. The van der Waals surface area contributed by atoms with Gasteiger partial charge in [0.25, 0.3) is 0 Å². The molecule has 0 saturated carbocycles. The number of carbonyl (C=O) groups is 1. The van der Waals surface area contributed by atoms with Crippen molar-refractivity contribution in [1.82, 2.24) is 10.2 Å². The number of nitrogens with one attached hydrogen (secondary N) is 1. The minimum Gasteiger partial charge on any atom is -0.450 e. The molecule has 0 atom stereocenters. The van der Waals surface area contributed by atoms with Crippen molar-refractivity contribution in [1.29, 1.82) is 0 Å². The first-order valence-corrected chi connectivity index (χ1v) is 8.60. The Balaban J connectivity index is 1.99. The normalized spacial score (nSPS) is 14.9. The van der Waals surface area contributed by atoms with Gasteiger partial charge in [-0.05, 0) is 43.7 Å². The number of ether oxygens (including phenoxy) is 1. The zero-order chi connectivity index (χ0) is 15.7. The van der Waals surface area contributed by atoms with Crippen LogP contribution >= 0.6 is 22.9 Å². The van der Waals surface area contributed by atoms with Gasteiger partial charge >= 0.3 is 6.09 Å². The van der Waals surface area contributed by atoms with Crippen molar-refractivity contribution in [2.24, 2.45) is 0 Å². The first-order valence-electron chi connectivity index (χ1n) is 7.41. The Kier molecular flexibility index (Phi) is 4.57. The van der Waals surface area contributed by atoms with E-state index in [1.54, 1.807) is 18.3 Å². The molecule has 1 aromatic heterocycles. The van der Waals surface area contributed by atoms with E-state index in [9.17, 15) is 4.79 Å². The van der Waals surface area contributed by atoms with Crippen molar-refractivity contribution < 1.29 is 9.53 Å². The number of alkyl carbamates (subject to hydrolysis) is 1. The first kappa shape index (κ1) is 15.6. The molecule has 0 bridgehead atoms. The van der Waals surface area contributed by atoms with Gasteiger partial charge in [-0.3, -0.25) is 0 Å². The fourth-order valence-corrected chi connectivity index (χ4v) is 4.33. The molecule has 2 heterocycles. The lowest BCUT2D eigenvalue weighted by Crippen LogP contribution is -2.24. The summed E-state index contributed by atoms with van der Waals surface area (Å²) in [4.78, 5) is 15.0. The summed E-state index contributed by atoms with van der Waals surface area (Å²) >= 11 is 8.13. The molecule has 0 aliphatic carbocycles. The van der Waals surface area contributed by atoms with Crippen molar-refractivity contribution in [3.8, 4) is 0 Å². The summed E-state index contributed by atoms with van der Waals surface area (Å²) in [7, 11) is 2.12. The molecule has 1 aliphatic rings. The Morgan fingerprint density at radius 2 is 2.27 bits per heavy atom. The molecule has 0 radical (unpaired) electrons. The van der Waals surface area contributed by atoms with E-state index in [2.05, 4.69) is 23.3 Å². The van der Waals surface area contributed by atoms with Crippen LogP contribution in [-0.2, 0) is 24.2 Å². The highest BCUT2D eigenvalue weighted by Crippen LogP contribution is 2.39. The van der Waals surface area contributed by atoms with Crippen LogP contribution in [-0.4, -0.2) is 31.2 Å². The van der Waals surface area contributed by atoms with Crippen molar-refractivity contribution in [2.45, 2.75) is 26.4 Å². The summed E-state index contributed by atoms with van der Waals surface area (Å²) in [5.41, 5.74) is 2.52. The Labute approximate surface area is 139 Å². The van der Waals surface area contributed by atoms with Gasteiger partial charge in [-0.15, -0.1) is 11.3 Å². The SMILES string of the molecule is CCOC(=O)NCc1sc2ccc(Cl)c3c2c1CN(C)CC3. The van der Waals surface area contributed by atoms with E-state index < -0.39 is 0 Å². The number of halogens is 1. The predicted octanol–water partition coefficient (Wildman–Crippen LogP) is 3.79. The largest absolute Gasteiger partial charge is 0.450 e. The van der Waals surface area contributed by atoms with E-state index in [0.717, 1.165) is 24.5 Å². The van der Waals surface area contributed by atoms with Crippen LogP contribution in [0.1, 0.15) is 22.9 Å². The highest BCUT2D eigenvalue weighted by atomic mass is 35.5. The number of hydrogen-bond donors (Lipinski definition) is 1. The summed E-state index contributed by atoms with van der Waals surface area (Å²) < 4.78 is 6.18. The lowest BCUT2D eigenvalue weighted by Gasteiger charge is -2.14. The van der Waals surface area contributed by atoms with Crippen LogP contribution in [0.4, 0.5) is 4.79 Å². The molecule has 22 heavy (non-hydrogen) atoms. The zero-order valence-corrected chi connectivity index (χ0v) is 14.3. The Hall–Kier alpha value is -1.30. The summed E-state index contributed by atoms with van der Waals surface area (Å²) in [6, 6.07) is 4.06. The summed E-state index contributed by atoms with van der Waals surface area (Å²) in [6.07, 6.45) is 0.591. The molecular weight excluding hydrogens is 320 g/mol. The third-order valence-corrected chi connectivity index (χ3v) is 5.48. The highest BCUT2D eigenvalue weighted by molar-refractivity contribution is 7.19. The molecular formula is C16H19ClN2O2S. The Bertz CT molecular complexity index is 714. The minimum absolute atomic E-state index is 0.368. The topological polar surface area (TPSA) is 41.6 Å². The fraction of sp³-hybridized carbons (Fsp3) is 0.438. The van der Waals surface area contributed by atoms with Crippen LogP contribution in [0, 0.1) is 0 Å². The molecule has 118 valence electrons. The number of amides is 1. The van der Waals surface area contributed by atoms with Gasteiger partial charge in [0, 0.05) is 33.1 Å². The smallest absolute Gasteiger partial charge is 0.407 e. The zero-order valence-electron chi connectivity index (χ0n) is 12.7. The number of thiophene rings is 1. The van der Waals surface area contributed by atoms with Gasteiger partial charge < -0.3 is 15.0 Å².